The Kier molecular flexibility index (Phi) is 6.11. The fourth-order valence-electron chi connectivity index (χ4n) is 1.53. The Morgan fingerprint density at radius 2 is 2.27 bits per heavy atom. The highest BCUT2D eigenvalue weighted by Gasteiger charge is 2.16. The quantitative estimate of drug-likeness (QED) is 0.554. The summed E-state index contributed by atoms with van der Waals surface area (Å²) >= 11 is 0. The van der Waals surface area contributed by atoms with E-state index in [0.717, 1.165) is 45.4 Å². The van der Waals surface area contributed by atoms with Gasteiger partial charge in [-0.15, -0.1) is 0 Å². The molecule has 1 fully saturated rings. The number of nitrogens with two attached hydrogens (primary N) is 1. The van der Waals surface area contributed by atoms with E-state index >= 15 is 0 Å². The van der Waals surface area contributed by atoms with Gasteiger partial charge in [-0.2, -0.15) is 0 Å². The molecule has 0 spiro atoms. The van der Waals surface area contributed by atoms with Crippen LogP contribution in [0.1, 0.15) is 25.7 Å². The number of hydrogen-bond donors (Lipinski definition) is 3. The van der Waals surface area contributed by atoms with Gasteiger partial charge in [0.25, 0.3) is 0 Å². The lowest BCUT2D eigenvalue weighted by Crippen LogP contribution is -2.42. The standard InChI is InChI=1S/C10H21N3O2/c11-5-2-1-3-6-12-10(14)13-9-4-7-15-8-9/h9H,1-8,11H2,(H2,12,13,14). The average Bonchev–Trinajstić information content (AvgIpc) is 2.70. The van der Waals surface area contributed by atoms with E-state index in [1.807, 2.05) is 0 Å². The molecule has 0 saturated carbocycles. The van der Waals surface area contributed by atoms with E-state index in [4.69, 9.17) is 10.5 Å². The number of ether oxygens (including phenoxy) is 1. The molecular weight excluding hydrogens is 194 g/mol. The van der Waals surface area contributed by atoms with Gasteiger partial charge in [0.2, 0.25) is 0 Å². The summed E-state index contributed by atoms with van der Waals surface area (Å²) in [6, 6.07) is 0.104. The molecule has 1 aliphatic heterocycles. The highest BCUT2D eigenvalue weighted by molar-refractivity contribution is 5.74. The predicted octanol–water partition coefficient (Wildman–Crippen LogP) is 0.204. The maximum atomic E-state index is 11.3. The summed E-state index contributed by atoms with van der Waals surface area (Å²) in [5.41, 5.74) is 5.37. The number of hydrogen-bond acceptors (Lipinski definition) is 3. The van der Waals surface area contributed by atoms with E-state index in [0.29, 0.717) is 6.61 Å². The zero-order valence-corrected chi connectivity index (χ0v) is 9.13. The molecule has 5 heteroatoms. The van der Waals surface area contributed by atoms with Crippen LogP contribution in [-0.4, -0.2) is 38.4 Å². The summed E-state index contributed by atoms with van der Waals surface area (Å²) in [6.45, 7) is 2.84. The molecule has 1 rings (SSSR count). The second kappa shape index (κ2) is 7.48. The molecule has 1 heterocycles. The van der Waals surface area contributed by atoms with Gasteiger partial charge in [0.1, 0.15) is 0 Å². The number of urea groups is 1. The van der Waals surface area contributed by atoms with Crippen LogP contribution in [-0.2, 0) is 4.74 Å². The zero-order chi connectivity index (χ0) is 10.9. The molecule has 0 aliphatic carbocycles. The van der Waals surface area contributed by atoms with Crippen LogP contribution in [0.3, 0.4) is 0 Å². The van der Waals surface area contributed by atoms with Gasteiger partial charge in [-0.3, -0.25) is 0 Å². The van der Waals surface area contributed by atoms with Crippen LogP contribution in [0.4, 0.5) is 4.79 Å². The SMILES string of the molecule is NCCCCCNC(=O)NC1CCOC1. The van der Waals surface area contributed by atoms with Crippen LogP contribution < -0.4 is 16.4 Å². The molecular formula is C10H21N3O2. The first-order valence-corrected chi connectivity index (χ1v) is 5.65. The third-order valence-corrected chi connectivity index (χ3v) is 2.43. The Morgan fingerprint density at radius 1 is 1.40 bits per heavy atom. The number of nitrogens with one attached hydrogen (secondary N) is 2. The molecule has 1 atom stereocenters. The molecule has 0 aromatic rings. The van der Waals surface area contributed by atoms with Crippen molar-refractivity contribution in [3.63, 3.8) is 0 Å². The first-order chi connectivity index (χ1) is 7.33. The number of carbonyl (C=O) groups excluding carboxylic acids is 1. The number of rotatable bonds is 6. The molecule has 2 amide bonds. The topological polar surface area (TPSA) is 76.4 Å². The summed E-state index contributed by atoms with van der Waals surface area (Å²) in [6.07, 6.45) is 4.01. The maximum Gasteiger partial charge on any atom is 0.315 e. The largest absolute Gasteiger partial charge is 0.379 e. The second-order valence-electron chi connectivity index (χ2n) is 3.81. The molecule has 1 unspecified atom stereocenters. The molecule has 0 bridgehead atoms. The fourth-order valence-corrected chi connectivity index (χ4v) is 1.53. The van der Waals surface area contributed by atoms with Gasteiger partial charge in [-0.1, -0.05) is 6.42 Å². The van der Waals surface area contributed by atoms with Gasteiger partial charge in [0.05, 0.1) is 12.6 Å². The van der Waals surface area contributed by atoms with E-state index in [1.54, 1.807) is 0 Å². The van der Waals surface area contributed by atoms with Crippen LogP contribution in [0, 0.1) is 0 Å². The van der Waals surface area contributed by atoms with Crippen molar-refractivity contribution in [2.24, 2.45) is 5.73 Å². The fraction of sp³-hybridized carbons (Fsp3) is 0.900. The normalized spacial score (nSPS) is 20.2. The van der Waals surface area contributed by atoms with Crippen molar-refractivity contribution in [1.82, 2.24) is 10.6 Å². The van der Waals surface area contributed by atoms with Gasteiger partial charge in [0, 0.05) is 13.2 Å². The highest BCUT2D eigenvalue weighted by Crippen LogP contribution is 2.02. The molecule has 15 heavy (non-hydrogen) atoms. The molecule has 0 aromatic carbocycles. The lowest BCUT2D eigenvalue weighted by atomic mass is 10.2. The molecule has 1 saturated heterocycles. The van der Waals surface area contributed by atoms with E-state index in [1.165, 1.54) is 0 Å². The third-order valence-electron chi connectivity index (χ3n) is 2.43. The first-order valence-electron chi connectivity index (χ1n) is 5.65. The maximum absolute atomic E-state index is 11.3. The number of unbranched alkanes of at least 4 members (excludes halogenated alkanes) is 2. The molecule has 1 aliphatic rings. The summed E-state index contributed by atoms with van der Waals surface area (Å²) in [5.74, 6) is 0. The molecule has 5 nitrogen and oxygen atoms in total. The first kappa shape index (κ1) is 12.3. The van der Waals surface area contributed by atoms with E-state index in [2.05, 4.69) is 10.6 Å². The predicted molar refractivity (Wildman–Crippen MR) is 58.7 cm³/mol. The van der Waals surface area contributed by atoms with E-state index in [9.17, 15) is 4.79 Å². The van der Waals surface area contributed by atoms with Crippen molar-refractivity contribution in [2.75, 3.05) is 26.3 Å². The Labute approximate surface area is 90.7 Å². The van der Waals surface area contributed by atoms with Gasteiger partial charge in [-0.05, 0) is 25.8 Å². The van der Waals surface area contributed by atoms with Crippen molar-refractivity contribution in [3.05, 3.63) is 0 Å². The Balaban J connectivity index is 1.93. The minimum Gasteiger partial charge on any atom is -0.379 e. The van der Waals surface area contributed by atoms with Crippen molar-refractivity contribution in [1.29, 1.82) is 0 Å². The minimum atomic E-state index is -0.0850. The average molecular weight is 215 g/mol. The van der Waals surface area contributed by atoms with Crippen molar-refractivity contribution in [2.45, 2.75) is 31.7 Å². The van der Waals surface area contributed by atoms with Crippen LogP contribution >= 0.6 is 0 Å². The van der Waals surface area contributed by atoms with Gasteiger partial charge < -0.3 is 21.1 Å². The van der Waals surface area contributed by atoms with Crippen LogP contribution in [0.2, 0.25) is 0 Å². The molecule has 88 valence electrons. The smallest absolute Gasteiger partial charge is 0.315 e. The summed E-state index contributed by atoms with van der Waals surface area (Å²) in [4.78, 5) is 11.3. The summed E-state index contributed by atoms with van der Waals surface area (Å²) < 4.78 is 5.16. The van der Waals surface area contributed by atoms with Crippen LogP contribution in [0.15, 0.2) is 0 Å². The van der Waals surface area contributed by atoms with Crippen molar-refractivity contribution < 1.29 is 9.53 Å². The third kappa shape index (κ3) is 5.59. The molecule has 0 radical (unpaired) electrons. The minimum absolute atomic E-state index is 0.0850. The Bertz CT molecular complexity index is 182. The van der Waals surface area contributed by atoms with Gasteiger partial charge in [0.15, 0.2) is 0 Å². The number of amides is 2. The van der Waals surface area contributed by atoms with Crippen molar-refractivity contribution in [3.8, 4) is 0 Å². The lowest BCUT2D eigenvalue weighted by Gasteiger charge is -2.11. The molecule has 4 N–H and O–H groups in total. The van der Waals surface area contributed by atoms with Crippen LogP contribution in [0.5, 0.6) is 0 Å². The van der Waals surface area contributed by atoms with Crippen molar-refractivity contribution >= 4 is 6.03 Å². The van der Waals surface area contributed by atoms with E-state index < -0.39 is 0 Å². The zero-order valence-electron chi connectivity index (χ0n) is 9.13. The summed E-state index contributed by atoms with van der Waals surface area (Å²) in [7, 11) is 0. The second-order valence-corrected chi connectivity index (χ2v) is 3.81. The Hall–Kier alpha value is -0.810. The van der Waals surface area contributed by atoms with E-state index in [-0.39, 0.29) is 12.1 Å². The van der Waals surface area contributed by atoms with Crippen LogP contribution in [0.25, 0.3) is 0 Å². The number of carbonyl (C=O) groups is 1. The Morgan fingerprint density at radius 3 is 2.93 bits per heavy atom. The highest BCUT2D eigenvalue weighted by atomic mass is 16.5. The monoisotopic (exact) mass is 215 g/mol. The summed E-state index contributed by atoms with van der Waals surface area (Å²) in [5, 5.41) is 5.69. The van der Waals surface area contributed by atoms with Gasteiger partial charge in [-0.25, -0.2) is 4.79 Å². The molecule has 0 aromatic heterocycles. The van der Waals surface area contributed by atoms with Gasteiger partial charge >= 0.3 is 6.03 Å². The lowest BCUT2D eigenvalue weighted by molar-refractivity contribution is 0.188.